The molecule has 19 heavy (non-hydrogen) atoms. The molecule has 0 aromatic heterocycles. The summed E-state index contributed by atoms with van der Waals surface area (Å²) in [6, 6.07) is 0.0496. The lowest BCUT2D eigenvalue weighted by molar-refractivity contribution is 0.0510. The van der Waals surface area contributed by atoms with Gasteiger partial charge >= 0.3 is 6.09 Å². The normalized spacial score (nSPS) is 14.2. The minimum atomic E-state index is -0.450. The van der Waals surface area contributed by atoms with Crippen molar-refractivity contribution < 1.29 is 9.53 Å². The molecule has 1 amide bonds. The Morgan fingerprint density at radius 1 is 1.16 bits per heavy atom. The molecule has 0 saturated carbocycles. The molecule has 3 nitrogen and oxygen atoms in total. The first kappa shape index (κ1) is 18.0. The minimum Gasteiger partial charge on any atom is -0.444 e. The standard InChI is InChI=1S/C16H31NO2/c1-12(2)9-8-10-14(11-13(3)4)17-15(18)19-16(5,6)7/h8,10,12-14H,9,11H2,1-7H3,(H,17,18)/b10-8+/t14-/m1/s1. The van der Waals surface area contributed by atoms with Crippen LogP contribution in [0.4, 0.5) is 4.79 Å². The summed E-state index contributed by atoms with van der Waals surface area (Å²) in [7, 11) is 0. The van der Waals surface area contributed by atoms with Gasteiger partial charge in [-0.25, -0.2) is 4.79 Å². The van der Waals surface area contributed by atoms with Gasteiger partial charge in [0, 0.05) is 0 Å². The third kappa shape index (κ3) is 11.8. The maximum atomic E-state index is 11.8. The lowest BCUT2D eigenvalue weighted by Crippen LogP contribution is -2.38. The van der Waals surface area contributed by atoms with E-state index in [9.17, 15) is 4.79 Å². The Balaban J connectivity index is 4.42. The molecule has 0 heterocycles. The molecule has 0 aromatic rings. The zero-order valence-corrected chi connectivity index (χ0v) is 13.6. The molecule has 0 radical (unpaired) electrons. The fourth-order valence-corrected chi connectivity index (χ4v) is 1.67. The van der Waals surface area contributed by atoms with Crippen LogP contribution in [0.5, 0.6) is 0 Å². The molecule has 1 N–H and O–H groups in total. The molecule has 1 atom stereocenters. The first-order valence-electron chi connectivity index (χ1n) is 7.26. The van der Waals surface area contributed by atoms with Crippen LogP contribution in [0.15, 0.2) is 12.2 Å². The highest BCUT2D eigenvalue weighted by molar-refractivity contribution is 5.68. The van der Waals surface area contributed by atoms with Gasteiger partial charge in [-0.3, -0.25) is 0 Å². The predicted octanol–water partition coefficient (Wildman–Crippen LogP) is 4.53. The van der Waals surface area contributed by atoms with E-state index in [2.05, 4.69) is 45.2 Å². The van der Waals surface area contributed by atoms with Gasteiger partial charge in [0.05, 0.1) is 6.04 Å². The summed E-state index contributed by atoms with van der Waals surface area (Å²) in [4.78, 5) is 11.8. The molecule has 112 valence electrons. The van der Waals surface area contributed by atoms with Crippen molar-refractivity contribution in [3.8, 4) is 0 Å². The average Bonchev–Trinajstić information content (AvgIpc) is 2.11. The van der Waals surface area contributed by atoms with Crippen molar-refractivity contribution >= 4 is 6.09 Å². The van der Waals surface area contributed by atoms with Gasteiger partial charge in [0.2, 0.25) is 0 Å². The van der Waals surface area contributed by atoms with Gasteiger partial charge in [0.25, 0.3) is 0 Å². The largest absolute Gasteiger partial charge is 0.444 e. The molecule has 0 bridgehead atoms. The van der Waals surface area contributed by atoms with Crippen molar-refractivity contribution in [1.82, 2.24) is 5.32 Å². The van der Waals surface area contributed by atoms with Crippen molar-refractivity contribution in [3.63, 3.8) is 0 Å². The Hall–Kier alpha value is -0.990. The summed E-state index contributed by atoms with van der Waals surface area (Å²) in [5, 5.41) is 2.93. The van der Waals surface area contributed by atoms with Gasteiger partial charge in [-0.05, 0) is 45.4 Å². The second kappa shape index (κ2) is 8.23. The number of allylic oxidation sites excluding steroid dienone is 1. The van der Waals surface area contributed by atoms with E-state index >= 15 is 0 Å². The van der Waals surface area contributed by atoms with Crippen LogP contribution in [0.25, 0.3) is 0 Å². The monoisotopic (exact) mass is 269 g/mol. The van der Waals surface area contributed by atoms with E-state index in [1.165, 1.54) is 0 Å². The van der Waals surface area contributed by atoms with Gasteiger partial charge in [0.1, 0.15) is 5.60 Å². The van der Waals surface area contributed by atoms with E-state index in [4.69, 9.17) is 4.74 Å². The van der Waals surface area contributed by atoms with Gasteiger partial charge < -0.3 is 10.1 Å². The molecule has 0 saturated heterocycles. The Morgan fingerprint density at radius 3 is 2.16 bits per heavy atom. The minimum absolute atomic E-state index is 0.0496. The van der Waals surface area contributed by atoms with Crippen LogP contribution in [-0.4, -0.2) is 17.7 Å². The van der Waals surface area contributed by atoms with Gasteiger partial charge in [-0.2, -0.15) is 0 Å². The molecule has 0 unspecified atom stereocenters. The molecular weight excluding hydrogens is 238 g/mol. The van der Waals surface area contributed by atoms with Crippen molar-refractivity contribution in [2.75, 3.05) is 0 Å². The maximum Gasteiger partial charge on any atom is 0.408 e. The fourth-order valence-electron chi connectivity index (χ4n) is 1.67. The summed E-state index contributed by atoms with van der Waals surface area (Å²) < 4.78 is 5.29. The Kier molecular flexibility index (Phi) is 7.81. The number of alkyl carbamates (subject to hydrolysis) is 1. The first-order chi connectivity index (χ1) is 8.60. The van der Waals surface area contributed by atoms with E-state index in [0.717, 1.165) is 12.8 Å². The van der Waals surface area contributed by atoms with Crippen LogP contribution in [0.3, 0.4) is 0 Å². The summed E-state index contributed by atoms with van der Waals surface area (Å²) in [5.74, 6) is 1.17. The molecule has 3 heteroatoms. The zero-order chi connectivity index (χ0) is 15.1. The molecule has 0 fully saturated rings. The zero-order valence-electron chi connectivity index (χ0n) is 13.6. The van der Waals surface area contributed by atoms with Gasteiger partial charge in [-0.1, -0.05) is 39.8 Å². The van der Waals surface area contributed by atoms with Crippen LogP contribution in [0.1, 0.15) is 61.3 Å². The van der Waals surface area contributed by atoms with Crippen LogP contribution in [0.2, 0.25) is 0 Å². The van der Waals surface area contributed by atoms with Gasteiger partial charge in [-0.15, -0.1) is 0 Å². The van der Waals surface area contributed by atoms with Crippen molar-refractivity contribution in [3.05, 3.63) is 12.2 Å². The second-order valence-corrected chi connectivity index (χ2v) is 6.94. The van der Waals surface area contributed by atoms with Crippen molar-refractivity contribution in [2.24, 2.45) is 11.8 Å². The number of nitrogens with one attached hydrogen (secondary N) is 1. The predicted molar refractivity (Wildman–Crippen MR) is 81.2 cm³/mol. The Bertz CT molecular complexity index is 288. The molecule has 0 aliphatic rings. The Morgan fingerprint density at radius 2 is 1.74 bits per heavy atom. The lowest BCUT2D eigenvalue weighted by Gasteiger charge is -2.23. The quantitative estimate of drug-likeness (QED) is 0.719. The molecular formula is C16H31NO2. The summed E-state index contributed by atoms with van der Waals surface area (Å²) >= 11 is 0. The van der Waals surface area contributed by atoms with Crippen molar-refractivity contribution in [1.29, 1.82) is 0 Å². The molecule has 0 aromatic carbocycles. The number of hydrogen-bond donors (Lipinski definition) is 1. The number of rotatable bonds is 6. The molecule has 0 aliphatic heterocycles. The van der Waals surface area contributed by atoms with E-state index in [-0.39, 0.29) is 12.1 Å². The van der Waals surface area contributed by atoms with E-state index in [1.54, 1.807) is 0 Å². The fraction of sp³-hybridized carbons (Fsp3) is 0.812. The first-order valence-corrected chi connectivity index (χ1v) is 7.26. The smallest absolute Gasteiger partial charge is 0.408 e. The van der Waals surface area contributed by atoms with Crippen molar-refractivity contribution in [2.45, 2.75) is 73.0 Å². The van der Waals surface area contributed by atoms with Gasteiger partial charge in [0.15, 0.2) is 0 Å². The van der Waals surface area contributed by atoms with Crippen LogP contribution in [-0.2, 0) is 4.74 Å². The maximum absolute atomic E-state index is 11.8. The molecule has 0 aliphatic carbocycles. The van der Waals surface area contributed by atoms with Crippen LogP contribution in [0, 0.1) is 11.8 Å². The van der Waals surface area contributed by atoms with E-state index in [0.29, 0.717) is 11.8 Å². The Labute approximate surface area is 118 Å². The number of ether oxygens (including phenoxy) is 1. The highest BCUT2D eigenvalue weighted by Gasteiger charge is 2.18. The van der Waals surface area contributed by atoms with E-state index in [1.807, 2.05) is 20.8 Å². The molecule has 0 spiro atoms. The number of hydrogen-bond acceptors (Lipinski definition) is 2. The second-order valence-electron chi connectivity index (χ2n) is 6.94. The SMILES string of the molecule is CC(C)C/C=C/[C@H](CC(C)C)NC(=O)OC(C)(C)C. The van der Waals surface area contributed by atoms with E-state index < -0.39 is 5.60 Å². The lowest BCUT2D eigenvalue weighted by atomic mass is 10.0. The number of amides is 1. The molecule has 0 rings (SSSR count). The highest BCUT2D eigenvalue weighted by atomic mass is 16.6. The number of carbonyl (C=O) groups is 1. The average molecular weight is 269 g/mol. The summed E-state index contributed by atoms with van der Waals surface area (Å²) in [5.41, 5.74) is -0.450. The summed E-state index contributed by atoms with van der Waals surface area (Å²) in [6.45, 7) is 14.3. The topological polar surface area (TPSA) is 38.3 Å². The number of carbonyl (C=O) groups excluding carboxylic acids is 1. The third-order valence-corrected chi connectivity index (χ3v) is 2.40. The highest BCUT2D eigenvalue weighted by Crippen LogP contribution is 2.11. The van der Waals surface area contributed by atoms with Crippen LogP contribution >= 0.6 is 0 Å². The summed E-state index contributed by atoms with van der Waals surface area (Å²) in [6.07, 6.45) is 5.85. The van der Waals surface area contributed by atoms with Crippen LogP contribution < -0.4 is 5.32 Å². The third-order valence-electron chi connectivity index (χ3n) is 2.40.